The minimum Gasteiger partial charge on any atom is -0.493 e. The number of hydrogen-bond acceptors (Lipinski definition) is 7. The first-order chi connectivity index (χ1) is 14.1. The maximum Gasteiger partial charge on any atom is 0.256 e. The van der Waals surface area contributed by atoms with E-state index in [0.29, 0.717) is 53.9 Å². The minimum absolute atomic E-state index is 0.134. The van der Waals surface area contributed by atoms with Crippen LogP contribution in [-0.4, -0.2) is 42.7 Å². The summed E-state index contributed by atoms with van der Waals surface area (Å²) >= 11 is 0. The van der Waals surface area contributed by atoms with Crippen LogP contribution in [0.1, 0.15) is 16.8 Å². The summed E-state index contributed by atoms with van der Waals surface area (Å²) in [6.45, 7) is 1.90. The topological polar surface area (TPSA) is 89.8 Å². The number of hydrogen-bond donors (Lipinski definition) is 1. The lowest BCUT2D eigenvalue weighted by Gasteiger charge is -2.28. The SMILES string of the molecule is COc1ccc(CN2CCc3nc(-c4ccco4)[nH]c(=O)c3C2)c(OC)c1OC. The number of aromatic nitrogens is 2. The highest BCUT2D eigenvalue weighted by atomic mass is 16.5. The van der Waals surface area contributed by atoms with Gasteiger partial charge in [0.2, 0.25) is 5.75 Å². The quantitative estimate of drug-likeness (QED) is 0.684. The van der Waals surface area contributed by atoms with Crippen LogP contribution in [0.4, 0.5) is 0 Å². The highest BCUT2D eigenvalue weighted by Gasteiger charge is 2.24. The predicted octanol–water partition coefficient (Wildman–Crippen LogP) is 2.61. The van der Waals surface area contributed by atoms with Crippen LogP contribution in [-0.2, 0) is 19.5 Å². The molecule has 4 rings (SSSR count). The van der Waals surface area contributed by atoms with Gasteiger partial charge in [-0.05, 0) is 18.2 Å². The third-order valence-corrected chi connectivity index (χ3v) is 5.08. The van der Waals surface area contributed by atoms with Gasteiger partial charge in [-0.3, -0.25) is 9.69 Å². The van der Waals surface area contributed by atoms with E-state index in [0.717, 1.165) is 17.8 Å². The fraction of sp³-hybridized carbons (Fsp3) is 0.333. The normalized spacial score (nSPS) is 13.8. The summed E-state index contributed by atoms with van der Waals surface area (Å²) in [5.41, 5.74) is 2.33. The average molecular weight is 397 g/mol. The number of methoxy groups -OCH3 is 3. The Bertz CT molecular complexity index is 1060. The minimum atomic E-state index is -0.134. The molecule has 0 unspecified atom stereocenters. The molecule has 2 aromatic heterocycles. The number of furan rings is 1. The molecule has 3 heterocycles. The first-order valence-corrected chi connectivity index (χ1v) is 9.30. The number of nitrogens with one attached hydrogen (secondary N) is 1. The number of benzene rings is 1. The van der Waals surface area contributed by atoms with Gasteiger partial charge in [-0.25, -0.2) is 4.98 Å². The van der Waals surface area contributed by atoms with Crippen molar-refractivity contribution >= 4 is 0 Å². The average Bonchev–Trinajstić information content (AvgIpc) is 3.28. The van der Waals surface area contributed by atoms with Gasteiger partial charge in [0.15, 0.2) is 23.1 Å². The fourth-order valence-electron chi connectivity index (χ4n) is 3.67. The molecule has 0 radical (unpaired) electrons. The first-order valence-electron chi connectivity index (χ1n) is 9.30. The van der Waals surface area contributed by atoms with Crippen LogP contribution >= 0.6 is 0 Å². The van der Waals surface area contributed by atoms with Crippen LogP contribution in [0.25, 0.3) is 11.6 Å². The van der Waals surface area contributed by atoms with Gasteiger partial charge in [0.1, 0.15) is 0 Å². The van der Waals surface area contributed by atoms with E-state index in [4.69, 9.17) is 18.6 Å². The van der Waals surface area contributed by atoms with E-state index in [1.54, 1.807) is 39.7 Å². The Morgan fingerprint density at radius 3 is 2.66 bits per heavy atom. The standard InChI is InChI=1S/C21H23N3O5/c1-26-16-7-6-13(18(27-2)19(16)28-3)11-24-9-8-15-14(12-24)21(25)23-20(22-15)17-5-4-10-29-17/h4-7,10H,8-9,11-12H2,1-3H3,(H,22,23,25). The van der Waals surface area contributed by atoms with Crippen molar-refractivity contribution in [1.82, 2.24) is 14.9 Å². The molecule has 8 heteroatoms. The Hall–Kier alpha value is -3.26. The molecule has 0 spiro atoms. The van der Waals surface area contributed by atoms with Crippen LogP contribution in [0.5, 0.6) is 17.2 Å². The molecule has 0 saturated carbocycles. The molecule has 8 nitrogen and oxygen atoms in total. The summed E-state index contributed by atoms with van der Waals surface area (Å²) < 4.78 is 21.7. The molecule has 0 saturated heterocycles. The second-order valence-corrected chi connectivity index (χ2v) is 6.77. The monoisotopic (exact) mass is 397 g/mol. The van der Waals surface area contributed by atoms with E-state index >= 15 is 0 Å². The van der Waals surface area contributed by atoms with E-state index < -0.39 is 0 Å². The van der Waals surface area contributed by atoms with Crippen LogP contribution in [0.3, 0.4) is 0 Å². The van der Waals surface area contributed by atoms with E-state index in [2.05, 4.69) is 14.9 Å². The Labute approximate surface area is 168 Å². The molecule has 29 heavy (non-hydrogen) atoms. The molecule has 1 aliphatic heterocycles. The number of ether oxygens (including phenoxy) is 3. The van der Waals surface area contributed by atoms with E-state index in [-0.39, 0.29) is 5.56 Å². The number of nitrogens with zero attached hydrogens (tertiary/aromatic N) is 2. The van der Waals surface area contributed by atoms with Gasteiger partial charge in [-0.15, -0.1) is 0 Å². The molecular formula is C21H23N3O5. The van der Waals surface area contributed by atoms with Crippen LogP contribution in [0.15, 0.2) is 39.7 Å². The number of aromatic amines is 1. The highest BCUT2D eigenvalue weighted by Crippen LogP contribution is 2.40. The first kappa shape index (κ1) is 19.1. The van der Waals surface area contributed by atoms with Crippen LogP contribution in [0.2, 0.25) is 0 Å². The number of fused-ring (bicyclic) bond motifs is 1. The van der Waals surface area contributed by atoms with Crippen LogP contribution < -0.4 is 19.8 Å². The Morgan fingerprint density at radius 2 is 1.97 bits per heavy atom. The third kappa shape index (κ3) is 3.58. The molecule has 0 bridgehead atoms. The zero-order chi connectivity index (χ0) is 20.4. The molecular weight excluding hydrogens is 374 g/mol. The van der Waals surface area contributed by atoms with Crippen molar-refractivity contribution in [3.05, 3.63) is 57.7 Å². The molecule has 0 amide bonds. The predicted molar refractivity (Wildman–Crippen MR) is 106 cm³/mol. The van der Waals surface area contributed by atoms with Crippen molar-refractivity contribution in [2.75, 3.05) is 27.9 Å². The largest absolute Gasteiger partial charge is 0.493 e. The van der Waals surface area contributed by atoms with Gasteiger partial charge in [-0.1, -0.05) is 6.07 Å². The fourth-order valence-corrected chi connectivity index (χ4v) is 3.67. The molecule has 152 valence electrons. The molecule has 3 aromatic rings. The van der Waals surface area contributed by atoms with Gasteiger partial charge in [0.05, 0.1) is 38.8 Å². The maximum atomic E-state index is 12.7. The van der Waals surface area contributed by atoms with Crippen molar-refractivity contribution in [2.45, 2.75) is 19.5 Å². The van der Waals surface area contributed by atoms with Crippen molar-refractivity contribution in [1.29, 1.82) is 0 Å². The molecule has 0 aliphatic carbocycles. The smallest absolute Gasteiger partial charge is 0.256 e. The van der Waals surface area contributed by atoms with Gasteiger partial charge in [0.25, 0.3) is 5.56 Å². The van der Waals surface area contributed by atoms with Crippen molar-refractivity contribution in [3.63, 3.8) is 0 Å². The molecule has 0 fully saturated rings. The van der Waals surface area contributed by atoms with Gasteiger partial charge in [0, 0.05) is 31.6 Å². The lowest BCUT2D eigenvalue weighted by atomic mass is 10.1. The second-order valence-electron chi connectivity index (χ2n) is 6.77. The molecule has 1 N–H and O–H groups in total. The van der Waals surface area contributed by atoms with Gasteiger partial charge < -0.3 is 23.6 Å². The Kier molecular flexibility index (Phi) is 5.26. The van der Waals surface area contributed by atoms with Gasteiger partial charge >= 0.3 is 0 Å². The zero-order valence-electron chi connectivity index (χ0n) is 16.7. The maximum absolute atomic E-state index is 12.7. The van der Waals surface area contributed by atoms with Crippen molar-refractivity contribution in [3.8, 4) is 28.8 Å². The summed E-state index contributed by atoms with van der Waals surface area (Å²) in [7, 11) is 4.79. The lowest BCUT2D eigenvalue weighted by Crippen LogP contribution is -2.35. The lowest BCUT2D eigenvalue weighted by molar-refractivity contribution is 0.236. The Balaban J connectivity index is 1.59. The third-order valence-electron chi connectivity index (χ3n) is 5.08. The van der Waals surface area contributed by atoms with Crippen molar-refractivity contribution in [2.24, 2.45) is 0 Å². The summed E-state index contributed by atoms with van der Waals surface area (Å²) in [6.07, 6.45) is 2.25. The summed E-state index contributed by atoms with van der Waals surface area (Å²) in [5, 5.41) is 0. The molecule has 1 aliphatic rings. The zero-order valence-corrected chi connectivity index (χ0v) is 16.7. The van der Waals surface area contributed by atoms with Crippen LogP contribution in [0, 0.1) is 0 Å². The summed E-state index contributed by atoms with van der Waals surface area (Å²) in [6, 6.07) is 7.37. The second kappa shape index (κ2) is 8.00. The summed E-state index contributed by atoms with van der Waals surface area (Å²) in [5.74, 6) is 2.84. The highest BCUT2D eigenvalue weighted by molar-refractivity contribution is 5.55. The summed E-state index contributed by atoms with van der Waals surface area (Å²) in [4.78, 5) is 22.3. The van der Waals surface area contributed by atoms with Gasteiger partial charge in [-0.2, -0.15) is 0 Å². The molecule has 0 atom stereocenters. The molecule has 1 aromatic carbocycles. The Morgan fingerprint density at radius 1 is 1.14 bits per heavy atom. The van der Waals surface area contributed by atoms with E-state index in [9.17, 15) is 4.79 Å². The van der Waals surface area contributed by atoms with E-state index in [1.807, 2.05) is 12.1 Å². The van der Waals surface area contributed by atoms with Crippen molar-refractivity contribution < 1.29 is 18.6 Å². The van der Waals surface area contributed by atoms with E-state index in [1.165, 1.54) is 0 Å². The number of H-pyrrole nitrogens is 1. The number of rotatable bonds is 6.